The van der Waals surface area contributed by atoms with Gasteiger partial charge in [-0.15, -0.1) is 0 Å². The lowest BCUT2D eigenvalue weighted by molar-refractivity contribution is -0.0517. The van der Waals surface area contributed by atoms with Crippen molar-refractivity contribution in [1.82, 2.24) is 5.43 Å². The fraction of sp³-hybridized carbons (Fsp3) is 0.273. The van der Waals surface area contributed by atoms with E-state index in [9.17, 15) is 4.79 Å². The molecule has 1 aromatic carbocycles. The third-order valence-electron chi connectivity index (χ3n) is 2.08. The van der Waals surface area contributed by atoms with Gasteiger partial charge in [-0.3, -0.25) is 0 Å². The molecule has 1 rings (SSSR count). The summed E-state index contributed by atoms with van der Waals surface area (Å²) >= 11 is 5.80. The second-order valence-corrected chi connectivity index (χ2v) is 3.72. The van der Waals surface area contributed by atoms with Crippen LogP contribution in [0.2, 0.25) is 5.02 Å². The standard InChI is InChI=1S/C11H14ClN3O3/c1-17-10(18-2)9(14-15-11(13)16)7-3-5-8(12)6-4-7/h3-6,10H,1-2H3,(H3,13,15,16)/b14-9-. The monoisotopic (exact) mass is 271 g/mol. The number of nitrogens with two attached hydrogens (primary N) is 1. The van der Waals surface area contributed by atoms with Crippen molar-refractivity contribution >= 4 is 23.3 Å². The van der Waals surface area contributed by atoms with Crippen LogP contribution in [0.15, 0.2) is 29.4 Å². The van der Waals surface area contributed by atoms with E-state index in [0.29, 0.717) is 16.3 Å². The molecule has 0 aliphatic carbocycles. The first-order valence-corrected chi connectivity index (χ1v) is 5.40. The third-order valence-corrected chi connectivity index (χ3v) is 2.33. The van der Waals surface area contributed by atoms with Crippen LogP contribution in [0.25, 0.3) is 0 Å². The summed E-state index contributed by atoms with van der Waals surface area (Å²) in [6.07, 6.45) is -0.724. The van der Waals surface area contributed by atoms with Gasteiger partial charge < -0.3 is 15.2 Å². The van der Waals surface area contributed by atoms with Crippen LogP contribution >= 0.6 is 11.6 Å². The highest BCUT2D eigenvalue weighted by Crippen LogP contribution is 2.13. The van der Waals surface area contributed by atoms with Crippen molar-refractivity contribution in [3.63, 3.8) is 0 Å². The molecule has 6 nitrogen and oxygen atoms in total. The fourth-order valence-electron chi connectivity index (χ4n) is 1.31. The van der Waals surface area contributed by atoms with Gasteiger partial charge in [-0.05, 0) is 12.1 Å². The number of hydrogen-bond donors (Lipinski definition) is 2. The van der Waals surface area contributed by atoms with Crippen molar-refractivity contribution in [3.05, 3.63) is 34.9 Å². The molecule has 0 aromatic heterocycles. The van der Waals surface area contributed by atoms with Crippen LogP contribution in [0.3, 0.4) is 0 Å². The van der Waals surface area contributed by atoms with Gasteiger partial charge in [-0.1, -0.05) is 23.7 Å². The molecule has 0 heterocycles. The fourth-order valence-corrected chi connectivity index (χ4v) is 1.43. The van der Waals surface area contributed by atoms with Crippen molar-refractivity contribution < 1.29 is 14.3 Å². The highest BCUT2D eigenvalue weighted by molar-refractivity contribution is 6.30. The molecule has 7 heteroatoms. The topological polar surface area (TPSA) is 85.9 Å². The number of amides is 2. The first kappa shape index (κ1) is 14.4. The summed E-state index contributed by atoms with van der Waals surface area (Å²) in [5, 5.41) is 4.45. The normalized spacial score (nSPS) is 11.7. The smallest absolute Gasteiger partial charge is 0.332 e. The molecule has 0 atom stereocenters. The number of rotatable bonds is 5. The molecule has 0 radical (unpaired) electrons. The Morgan fingerprint density at radius 2 is 1.89 bits per heavy atom. The zero-order chi connectivity index (χ0) is 13.5. The molecule has 0 aliphatic rings. The molecule has 0 saturated heterocycles. The van der Waals surface area contributed by atoms with E-state index in [0.717, 1.165) is 0 Å². The summed E-state index contributed by atoms with van der Waals surface area (Å²) in [4.78, 5) is 10.7. The Hall–Kier alpha value is -1.63. The number of hydrazone groups is 1. The van der Waals surface area contributed by atoms with Gasteiger partial charge >= 0.3 is 6.03 Å². The molecule has 0 spiro atoms. The summed E-state index contributed by atoms with van der Waals surface area (Å²) in [6, 6.07) is 6.08. The maximum atomic E-state index is 10.7. The molecular weight excluding hydrogens is 258 g/mol. The van der Waals surface area contributed by atoms with Gasteiger partial charge in [-0.25, -0.2) is 10.2 Å². The number of urea groups is 1. The molecule has 18 heavy (non-hydrogen) atoms. The van der Waals surface area contributed by atoms with Crippen LogP contribution in [0, 0.1) is 0 Å². The Balaban J connectivity index is 3.06. The van der Waals surface area contributed by atoms with Crippen molar-refractivity contribution in [1.29, 1.82) is 0 Å². The minimum atomic E-state index is -0.771. The zero-order valence-electron chi connectivity index (χ0n) is 10.0. The minimum absolute atomic E-state index is 0.385. The lowest BCUT2D eigenvalue weighted by Gasteiger charge is -2.16. The Labute approximate surface area is 110 Å². The van der Waals surface area contributed by atoms with Crippen molar-refractivity contribution in [2.45, 2.75) is 6.29 Å². The molecule has 0 unspecified atom stereocenters. The number of ether oxygens (including phenoxy) is 2. The number of nitrogens with zero attached hydrogens (tertiary/aromatic N) is 1. The van der Waals surface area contributed by atoms with E-state index in [2.05, 4.69) is 10.5 Å². The van der Waals surface area contributed by atoms with Crippen molar-refractivity contribution in [3.8, 4) is 0 Å². The van der Waals surface area contributed by atoms with Gasteiger partial charge in [0.05, 0.1) is 0 Å². The molecule has 98 valence electrons. The van der Waals surface area contributed by atoms with Gasteiger partial charge in [-0.2, -0.15) is 5.10 Å². The Morgan fingerprint density at radius 3 is 2.33 bits per heavy atom. The largest absolute Gasteiger partial charge is 0.350 e. The highest BCUT2D eigenvalue weighted by atomic mass is 35.5. The van der Waals surface area contributed by atoms with Gasteiger partial charge in [0.1, 0.15) is 5.71 Å². The highest BCUT2D eigenvalue weighted by Gasteiger charge is 2.17. The molecule has 0 fully saturated rings. The van der Waals surface area contributed by atoms with E-state index in [4.69, 9.17) is 26.8 Å². The number of carbonyl (C=O) groups excluding carboxylic acids is 1. The van der Waals surface area contributed by atoms with Crippen LogP contribution in [-0.4, -0.2) is 32.3 Å². The molecule has 2 amide bonds. The molecule has 3 N–H and O–H groups in total. The van der Waals surface area contributed by atoms with E-state index in [1.54, 1.807) is 24.3 Å². The van der Waals surface area contributed by atoms with Gasteiger partial charge in [0, 0.05) is 24.8 Å². The SMILES string of the molecule is COC(OC)/C(=N\NC(N)=O)c1ccc(Cl)cc1. The van der Waals surface area contributed by atoms with E-state index >= 15 is 0 Å². The van der Waals surface area contributed by atoms with E-state index in [-0.39, 0.29) is 0 Å². The van der Waals surface area contributed by atoms with Crippen LogP contribution in [0.4, 0.5) is 4.79 Å². The van der Waals surface area contributed by atoms with E-state index in [1.165, 1.54) is 14.2 Å². The van der Waals surface area contributed by atoms with Crippen molar-refractivity contribution in [2.75, 3.05) is 14.2 Å². The maximum absolute atomic E-state index is 10.7. The number of halogens is 1. The van der Waals surface area contributed by atoms with Crippen LogP contribution in [0.5, 0.6) is 0 Å². The van der Waals surface area contributed by atoms with Gasteiger partial charge in [0.25, 0.3) is 0 Å². The van der Waals surface area contributed by atoms with Crippen LogP contribution in [0.1, 0.15) is 5.56 Å². The number of carbonyl (C=O) groups is 1. The predicted octanol–water partition coefficient (Wildman–Crippen LogP) is 1.33. The Morgan fingerprint density at radius 1 is 1.33 bits per heavy atom. The zero-order valence-corrected chi connectivity index (χ0v) is 10.8. The van der Waals surface area contributed by atoms with E-state index in [1.807, 2.05) is 0 Å². The summed E-state index contributed by atoms with van der Waals surface area (Å²) in [7, 11) is 2.92. The molecule has 0 aliphatic heterocycles. The second-order valence-electron chi connectivity index (χ2n) is 3.28. The molecule has 0 bridgehead atoms. The predicted molar refractivity (Wildman–Crippen MR) is 68.5 cm³/mol. The van der Waals surface area contributed by atoms with Crippen LogP contribution in [-0.2, 0) is 9.47 Å². The molecular formula is C11H14ClN3O3. The van der Waals surface area contributed by atoms with Gasteiger partial charge in [0.15, 0.2) is 0 Å². The molecule has 0 saturated carbocycles. The van der Waals surface area contributed by atoms with Crippen molar-refractivity contribution in [2.24, 2.45) is 10.8 Å². The lowest BCUT2D eigenvalue weighted by Crippen LogP contribution is -2.32. The summed E-state index contributed by atoms with van der Waals surface area (Å²) < 4.78 is 10.2. The van der Waals surface area contributed by atoms with Crippen LogP contribution < -0.4 is 11.2 Å². The second kappa shape index (κ2) is 6.95. The van der Waals surface area contributed by atoms with Gasteiger partial charge in [0.2, 0.25) is 6.29 Å². The first-order chi connectivity index (χ1) is 8.58. The summed E-state index contributed by atoms with van der Waals surface area (Å²) in [6.45, 7) is 0. The Kier molecular flexibility index (Phi) is 5.57. The number of methoxy groups -OCH3 is 2. The summed E-state index contributed by atoms with van der Waals surface area (Å²) in [5.74, 6) is 0. The quantitative estimate of drug-likeness (QED) is 0.481. The molecule has 1 aromatic rings. The van der Waals surface area contributed by atoms with E-state index < -0.39 is 12.3 Å². The summed E-state index contributed by atoms with van der Waals surface area (Å²) in [5.41, 5.74) is 8.19. The number of benzene rings is 1. The Bertz CT molecular complexity index is 430. The number of primary amides is 1. The first-order valence-electron chi connectivity index (χ1n) is 5.03. The number of hydrogen-bond acceptors (Lipinski definition) is 4. The maximum Gasteiger partial charge on any atom is 0.332 e. The number of nitrogens with one attached hydrogen (secondary N) is 1. The lowest BCUT2D eigenvalue weighted by atomic mass is 10.1. The minimum Gasteiger partial charge on any atom is -0.350 e. The third kappa shape index (κ3) is 3.99. The average Bonchev–Trinajstić information content (AvgIpc) is 2.35. The average molecular weight is 272 g/mol.